The number of rotatable bonds is 2. The third-order valence-electron chi connectivity index (χ3n) is 3.57. The first-order valence-corrected chi connectivity index (χ1v) is 5.99. The summed E-state index contributed by atoms with van der Waals surface area (Å²) < 4.78 is 0. The molecule has 0 atom stereocenters. The highest BCUT2D eigenvalue weighted by Crippen LogP contribution is 2.28. The molecule has 2 N–H and O–H groups in total. The van der Waals surface area contributed by atoms with Crippen molar-refractivity contribution in [2.75, 3.05) is 17.7 Å². The standard InChI is InChI=1S/C12H20N4/c1-9-3-5-10(6-4-9)16(2)12-8-7-11(13)14-15-12/h7-10H,3-6H2,1-2H3,(H2,13,14). The van der Waals surface area contributed by atoms with Crippen LogP contribution < -0.4 is 10.6 Å². The third-order valence-corrected chi connectivity index (χ3v) is 3.57. The molecule has 16 heavy (non-hydrogen) atoms. The summed E-state index contributed by atoms with van der Waals surface area (Å²) in [6.07, 6.45) is 5.14. The molecule has 0 radical (unpaired) electrons. The lowest BCUT2D eigenvalue weighted by Gasteiger charge is -2.34. The van der Waals surface area contributed by atoms with Crippen LogP contribution in [0.5, 0.6) is 0 Å². The summed E-state index contributed by atoms with van der Waals surface area (Å²) in [6, 6.07) is 4.36. The van der Waals surface area contributed by atoms with Crippen LogP contribution in [0.2, 0.25) is 0 Å². The highest BCUT2D eigenvalue weighted by atomic mass is 15.3. The van der Waals surface area contributed by atoms with Gasteiger partial charge in [-0.3, -0.25) is 0 Å². The smallest absolute Gasteiger partial charge is 0.151 e. The summed E-state index contributed by atoms with van der Waals surface area (Å²) in [7, 11) is 2.10. The molecule has 0 unspecified atom stereocenters. The first-order chi connectivity index (χ1) is 7.66. The first kappa shape index (κ1) is 11.2. The normalized spacial score (nSPS) is 25.4. The van der Waals surface area contributed by atoms with Crippen molar-refractivity contribution in [3.8, 4) is 0 Å². The van der Waals surface area contributed by atoms with Crippen LogP contribution in [0.3, 0.4) is 0 Å². The molecule has 1 aliphatic rings. The first-order valence-electron chi connectivity index (χ1n) is 5.99. The van der Waals surface area contributed by atoms with E-state index in [0.29, 0.717) is 11.9 Å². The van der Waals surface area contributed by atoms with Gasteiger partial charge in [0.1, 0.15) is 5.82 Å². The molecule has 1 heterocycles. The van der Waals surface area contributed by atoms with Crippen molar-refractivity contribution in [1.82, 2.24) is 10.2 Å². The van der Waals surface area contributed by atoms with Crippen LogP contribution in [0.1, 0.15) is 32.6 Å². The highest BCUT2D eigenvalue weighted by molar-refractivity contribution is 5.41. The van der Waals surface area contributed by atoms with E-state index in [9.17, 15) is 0 Å². The monoisotopic (exact) mass is 220 g/mol. The van der Waals surface area contributed by atoms with E-state index in [4.69, 9.17) is 5.73 Å². The molecule has 0 aliphatic heterocycles. The second-order valence-corrected chi connectivity index (χ2v) is 4.84. The fraction of sp³-hybridized carbons (Fsp3) is 0.667. The van der Waals surface area contributed by atoms with Gasteiger partial charge in [-0.05, 0) is 43.7 Å². The van der Waals surface area contributed by atoms with Crippen molar-refractivity contribution < 1.29 is 0 Å². The van der Waals surface area contributed by atoms with Crippen LogP contribution in [0, 0.1) is 5.92 Å². The van der Waals surface area contributed by atoms with Crippen molar-refractivity contribution in [1.29, 1.82) is 0 Å². The zero-order valence-corrected chi connectivity index (χ0v) is 10.1. The molecule has 1 fully saturated rings. The Hall–Kier alpha value is -1.32. The average molecular weight is 220 g/mol. The summed E-state index contributed by atoms with van der Waals surface area (Å²) in [5.74, 6) is 2.28. The molecular weight excluding hydrogens is 200 g/mol. The Labute approximate surface area is 96.9 Å². The summed E-state index contributed by atoms with van der Waals surface area (Å²) >= 11 is 0. The van der Waals surface area contributed by atoms with Gasteiger partial charge in [0.2, 0.25) is 0 Å². The van der Waals surface area contributed by atoms with Crippen molar-refractivity contribution in [3.63, 3.8) is 0 Å². The lowest BCUT2D eigenvalue weighted by Crippen LogP contribution is -2.35. The van der Waals surface area contributed by atoms with Gasteiger partial charge in [0.15, 0.2) is 5.82 Å². The van der Waals surface area contributed by atoms with E-state index < -0.39 is 0 Å². The van der Waals surface area contributed by atoms with Gasteiger partial charge in [-0.1, -0.05) is 6.92 Å². The van der Waals surface area contributed by atoms with Crippen molar-refractivity contribution >= 4 is 11.6 Å². The second-order valence-electron chi connectivity index (χ2n) is 4.84. The van der Waals surface area contributed by atoms with Crippen LogP contribution in [0.15, 0.2) is 12.1 Å². The third kappa shape index (κ3) is 2.43. The molecule has 0 amide bonds. The highest BCUT2D eigenvalue weighted by Gasteiger charge is 2.22. The maximum atomic E-state index is 5.53. The Morgan fingerprint density at radius 1 is 1.19 bits per heavy atom. The molecule has 1 aromatic rings. The van der Waals surface area contributed by atoms with Gasteiger partial charge in [-0.2, -0.15) is 0 Å². The average Bonchev–Trinajstić information content (AvgIpc) is 2.30. The molecule has 4 heteroatoms. The molecule has 0 bridgehead atoms. The van der Waals surface area contributed by atoms with Gasteiger partial charge in [-0.25, -0.2) is 0 Å². The van der Waals surface area contributed by atoms with E-state index in [-0.39, 0.29) is 0 Å². The van der Waals surface area contributed by atoms with Crippen LogP contribution in [-0.2, 0) is 0 Å². The Balaban J connectivity index is 2.01. The van der Waals surface area contributed by atoms with Gasteiger partial charge in [-0.15, -0.1) is 10.2 Å². The zero-order chi connectivity index (χ0) is 11.5. The number of aromatic nitrogens is 2. The van der Waals surface area contributed by atoms with E-state index in [0.717, 1.165) is 11.7 Å². The molecule has 1 aliphatic carbocycles. The van der Waals surface area contributed by atoms with E-state index in [1.807, 2.05) is 12.1 Å². The van der Waals surface area contributed by atoms with Crippen LogP contribution in [0.25, 0.3) is 0 Å². The maximum Gasteiger partial charge on any atom is 0.151 e. The number of nitrogens with zero attached hydrogens (tertiary/aromatic N) is 3. The Morgan fingerprint density at radius 3 is 2.44 bits per heavy atom. The number of hydrogen-bond donors (Lipinski definition) is 1. The predicted octanol–water partition coefficient (Wildman–Crippen LogP) is 2.07. The fourth-order valence-electron chi connectivity index (χ4n) is 2.34. The summed E-state index contributed by atoms with van der Waals surface area (Å²) in [4.78, 5) is 2.23. The molecule has 0 spiro atoms. The molecule has 0 saturated heterocycles. The van der Waals surface area contributed by atoms with Crippen LogP contribution >= 0.6 is 0 Å². The Morgan fingerprint density at radius 2 is 1.88 bits per heavy atom. The molecule has 1 aromatic heterocycles. The van der Waals surface area contributed by atoms with Crippen molar-refractivity contribution in [2.45, 2.75) is 38.6 Å². The molecule has 0 aromatic carbocycles. The fourth-order valence-corrected chi connectivity index (χ4v) is 2.34. The topological polar surface area (TPSA) is 55.0 Å². The van der Waals surface area contributed by atoms with Crippen molar-refractivity contribution in [2.24, 2.45) is 5.92 Å². The summed E-state index contributed by atoms with van der Waals surface area (Å²) in [5, 5.41) is 8.02. The SMILES string of the molecule is CC1CCC(N(C)c2ccc(N)nn2)CC1. The second kappa shape index (κ2) is 4.68. The van der Waals surface area contributed by atoms with E-state index >= 15 is 0 Å². The van der Waals surface area contributed by atoms with Gasteiger partial charge < -0.3 is 10.6 Å². The summed E-state index contributed by atoms with van der Waals surface area (Å²) in [6.45, 7) is 2.33. The van der Waals surface area contributed by atoms with E-state index in [1.165, 1.54) is 25.7 Å². The minimum absolute atomic E-state index is 0.481. The number of anilines is 2. The molecular formula is C12H20N4. The van der Waals surface area contributed by atoms with Gasteiger partial charge in [0.05, 0.1) is 0 Å². The van der Waals surface area contributed by atoms with Gasteiger partial charge in [0, 0.05) is 13.1 Å². The quantitative estimate of drug-likeness (QED) is 0.829. The van der Waals surface area contributed by atoms with Crippen molar-refractivity contribution in [3.05, 3.63) is 12.1 Å². The van der Waals surface area contributed by atoms with Gasteiger partial charge >= 0.3 is 0 Å². The molecule has 1 saturated carbocycles. The van der Waals surface area contributed by atoms with E-state index in [2.05, 4.69) is 29.1 Å². The maximum absolute atomic E-state index is 5.53. The van der Waals surface area contributed by atoms with Crippen LogP contribution in [-0.4, -0.2) is 23.3 Å². The number of nitrogen functional groups attached to an aromatic ring is 1. The van der Waals surface area contributed by atoms with Gasteiger partial charge in [0.25, 0.3) is 0 Å². The Bertz CT molecular complexity index is 327. The minimum atomic E-state index is 0.481. The Kier molecular flexibility index (Phi) is 3.27. The minimum Gasteiger partial charge on any atom is -0.382 e. The van der Waals surface area contributed by atoms with Crippen LogP contribution in [0.4, 0.5) is 11.6 Å². The molecule has 88 valence electrons. The number of hydrogen-bond acceptors (Lipinski definition) is 4. The largest absolute Gasteiger partial charge is 0.382 e. The molecule has 2 rings (SSSR count). The predicted molar refractivity (Wildman–Crippen MR) is 66.3 cm³/mol. The summed E-state index contributed by atoms with van der Waals surface area (Å²) in [5.41, 5.74) is 5.53. The molecule has 4 nitrogen and oxygen atoms in total. The number of nitrogens with two attached hydrogens (primary N) is 1. The van der Waals surface area contributed by atoms with E-state index in [1.54, 1.807) is 0 Å². The lowest BCUT2D eigenvalue weighted by molar-refractivity contribution is 0.339. The lowest BCUT2D eigenvalue weighted by atomic mass is 9.87. The zero-order valence-electron chi connectivity index (χ0n) is 10.1.